The number of rotatable bonds is 5. The molecule has 30 heavy (non-hydrogen) atoms. The van der Waals surface area contributed by atoms with Crippen LogP contribution in [0, 0.1) is 6.92 Å². The van der Waals surface area contributed by atoms with Crippen molar-refractivity contribution in [1.29, 1.82) is 0 Å². The minimum atomic E-state index is -0.534. The van der Waals surface area contributed by atoms with Crippen molar-refractivity contribution >= 4 is 23.8 Å². The van der Waals surface area contributed by atoms with E-state index in [1.165, 1.54) is 27.0 Å². The maximum absolute atomic E-state index is 2.32. The van der Waals surface area contributed by atoms with E-state index in [2.05, 4.69) is 106 Å². The van der Waals surface area contributed by atoms with Gasteiger partial charge in [0.1, 0.15) is 0 Å². The Morgan fingerprint density at radius 3 is 1.60 bits per heavy atom. The summed E-state index contributed by atoms with van der Waals surface area (Å²) in [6.07, 6.45) is 0. The number of hydrogen-bond acceptors (Lipinski definition) is 1. The van der Waals surface area contributed by atoms with Crippen LogP contribution < -0.4 is 15.9 Å². The van der Waals surface area contributed by atoms with E-state index in [-0.39, 0.29) is 17.1 Å². The van der Waals surface area contributed by atoms with Gasteiger partial charge in [0.15, 0.2) is 0 Å². The fourth-order valence-corrected chi connectivity index (χ4v) is 6.11. The van der Waals surface area contributed by atoms with Gasteiger partial charge in [-0.2, -0.15) is 11.6 Å². The quantitative estimate of drug-likeness (QED) is 0.218. The van der Waals surface area contributed by atoms with E-state index in [1.54, 1.807) is 0 Å². The van der Waals surface area contributed by atoms with E-state index >= 15 is 0 Å². The molecule has 0 aliphatic rings. The van der Waals surface area contributed by atoms with Gasteiger partial charge < -0.3 is 35.2 Å². The Morgan fingerprint density at radius 2 is 1.20 bits per heavy atom. The van der Waals surface area contributed by atoms with Crippen molar-refractivity contribution in [3.8, 4) is 0 Å². The molecule has 0 radical (unpaired) electrons. The van der Waals surface area contributed by atoms with E-state index < -0.39 is 7.92 Å². The molecule has 0 aliphatic carbocycles. The second-order valence-electron chi connectivity index (χ2n) is 7.43. The predicted molar refractivity (Wildman–Crippen MR) is 130 cm³/mol. The minimum absolute atomic E-state index is 0. The summed E-state index contributed by atoms with van der Waals surface area (Å²) in [7, 11) is 3.78. The second-order valence-corrected chi connectivity index (χ2v) is 9.58. The third kappa shape index (κ3) is 6.03. The van der Waals surface area contributed by atoms with Gasteiger partial charge in [-0.05, 0) is 38.7 Å². The van der Waals surface area contributed by atoms with Crippen molar-refractivity contribution in [2.24, 2.45) is 0 Å². The molecule has 3 heteroatoms. The van der Waals surface area contributed by atoms with Gasteiger partial charge >= 0.3 is 0 Å². The van der Waals surface area contributed by atoms with Gasteiger partial charge in [-0.25, -0.2) is 6.07 Å². The first-order valence-electron chi connectivity index (χ1n) is 10.1. The van der Waals surface area contributed by atoms with Crippen LogP contribution in [-0.2, 0) is 17.1 Å². The van der Waals surface area contributed by atoms with Crippen LogP contribution in [0.25, 0.3) is 0 Å². The molecule has 0 saturated heterocycles. The Morgan fingerprint density at radius 1 is 0.767 bits per heavy atom. The molecule has 0 aliphatic heterocycles. The molecule has 0 aromatic heterocycles. The van der Waals surface area contributed by atoms with Gasteiger partial charge in [0.2, 0.25) is 0 Å². The van der Waals surface area contributed by atoms with Gasteiger partial charge in [-0.15, -0.1) is 10.9 Å². The fraction of sp³-hybridized carbons (Fsp3) is 0.185. The van der Waals surface area contributed by atoms with Crippen molar-refractivity contribution in [2.75, 3.05) is 14.1 Å². The first-order chi connectivity index (χ1) is 14.1. The van der Waals surface area contributed by atoms with Crippen molar-refractivity contribution < 1.29 is 17.1 Å². The van der Waals surface area contributed by atoms with Gasteiger partial charge in [-0.3, -0.25) is 0 Å². The third-order valence-electron chi connectivity index (χ3n) is 5.19. The molecule has 1 atom stereocenters. The summed E-state index contributed by atoms with van der Waals surface area (Å²) in [4.78, 5) is 2.29. The molecule has 0 fully saturated rings. The van der Waals surface area contributed by atoms with Gasteiger partial charge in [0.25, 0.3) is 0 Å². The van der Waals surface area contributed by atoms with Crippen LogP contribution in [0.1, 0.15) is 24.1 Å². The van der Waals surface area contributed by atoms with Crippen LogP contribution in [0.5, 0.6) is 0 Å². The van der Waals surface area contributed by atoms with E-state index in [0.717, 1.165) is 0 Å². The summed E-state index contributed by atoms with van der Waals surface area (Å²) in [5, 5.41) is 4.35. The normalized spacial score (nSPS) is 11.5. The Labute approximate surface area is 193 Å². The molecule has 162 valence electrons. The standard InChI is InChI=1S/C22H25NP.C5H5.Fe/c1-17-15-16-21(18(2)23(3)4)22(17)24(19-11-7-5-8-12-19)20-13-9-6-10-14-20;1-2-4-5-3-1;/h5-16,18H,1-4H3;1-5H;/q-1;-5;. The smallest absolute Gasteiger partial charge is 0 e. The molecule has 4 aromatic rings. The number of aryl methyl sites for hydroxylation is 1. The zero-order chi connectivity index (χ0) is 20.6. The second kappa shape index (κ2) is 12.0. The largest absolute Gasteiger partial charge is 0.748 e. The first-order valence-corrected chi connectivity index (χ1v) is 11.4. The Bertz CT molecular complexity index is 902. The molecule has 0 N–H and O–H groups in total. The van der Waals surface area contributed by atoms with Crippen LogP contribution in [0.3, 0.4) is 0 Å². The summed E-state index contributed by atoms with van der Waals surface area (Å²) in [6.45, 7) is 4.55. The third-order valence-corrected chi connectivity index (χ3v) is 7.88. The molecular weight excluding hydrogens is 425 g/mol. The molecule has 0 bridgehead atoms. The molecule has 4 rings (SSSR count). The van der Waals surface area contributed by atoms with Gasteiger partial charge in [0.05, 0.1) is 0 Å². The van der Waals surface area contributed by atoms with Crippen LogP contribution in [-0.4, -0.2) is 19.0 Å². The summed E-state index contributed by atoms with van der Waals surface area (Å²) < 4.78 is 0. The summed E-state index contributed by atoms with van der Waals surface area (Å²) in [5.74, 6) is 0. The Balaban J connectivity index is 0.000000468. The van der Waals surface area contributed by atoms with Crippen LogP contribution >= 0.6 is 7.92 Å². The van der Waals surface area contributed by atoms with E-state index in [1.807, 2.05) is 30.3 Å². The van der Waals surface area contributed by atoms with Crippen LogP contribution in [0.2, 0.25) is 0 Å². The minimum Gasteiger partial charge on any atom is -0.748 e. The average Bonchev–Trinajstić information content (AvgIpc) is 3.44. The van der Waals surface area contributed by atoms with Crippen LogP contribution in [0.15, 0.2) is 103 Å². The molecule has 0 heterocycles. The van der Waals surface area contributed by atoms with E-state index in [9.17, 15) is 0 Å². The molecule has 1 unspecified atom stereocenters. The molecule has 0 spiro atoms. The van der Waals surface area contributed by atoms with E-state index in [4.69, 9.17) is 0 Å². The summed E-state index contributed by atoms with van der Waals surface area (Å²) >= 11 is 0. The number of hydrogen-bond donors (Lipinski definition) is 0. The molecule has 1 nitrogen and oxygen atoms in total. The van der Waals surface area contributed by atoms with Crippen LogP contribution in [0.4, 0.5) is 0 Å². The van der Waals surface area contributed by atoms with Crippen molar-refractivity contribution in [1.82, 2.24) is 4.90 Å². The Kier molecular flexibility index (Phi) is 9.76. The maximum Gasteiger partial charge on any atom is 0 e. The molecule has 0 saturated carbocycles. The SMILES string of the molecule is Cc1cc[c-](C(C)N(C)C)c1P(c1ccccc1)c1ccccc1.[Fe].[cH-]1[cH-][cH-][cH-][cH-]1. The fourth-order valence-electron chi connectivity index (χ4n) is 3.40. The van der Waals surface area contributed by atoms with Gasteiger partial charge in [0, 0.05) is 17.1 Å². The molecular formula is C27H30FeNP-6. The average molecular weight is 455 g/mol. The maximum atomic E-state index is 2.32. The topological polar surface area (TPSA) is 3.24 Å². The van der Waals surface area contributed by atoms with Gasteiger partial charge in [-0.1, -0.05) is 74.5 Å². The first kappa shape index (κ1) is 24.3. The molecule has 4 aromatic carbocycles. The van der Waals surface area contributed by atoms with E-state index in [0.29, 0.717) is 6.04 Å². The summed E-state index contributed by atoms with van der Waals surface area (Å²) in [6, 6.07) is 36.9. The zero-order valence-electron chi connectivity index (χ0n) is 18.1. The van der Waals surface area contributed by atoms with Crippen molar-refractivity contribution in [3.05, 3.63) is 114 Å². The zero-order valence-corrected chi connectivity index (χ0v) is 20.1. The van der Waals surface area contributed by atoms with Crippen molar-refractivity contribution in [3.63, 3.8) is 0 Å². The predicted octanol–water partition coefficient (Wildman–Crippen LogP) is 5.50. The number of nitrogens with zero attached hydrogens (tertiary/aromatic N) is 1. The van der Waals surface area contributed by atoms with Crippen molar-refractivity contribution in [2.45, 2.75) is 19.9 Å². The monoisotopic (exact) mass is 455 g/mol. The number of benzene rings is 2. The molecule has 0 amide bonds. The summed E-state index contributed by atoms with van der Waals surface area (Å²) in [5.41, 5.74) is 2.86. The Hall–Kier alpha value is -1.95.